The number of aryl methyl sites for hydroxylation is 2. The summed E-state index contributed by atoms with van der Waals surface area (Å²) < 4.78 is 11.4. The van der Waals surface area contributed by atoms with E-state index in [0.717, 1.165) is 22.3 Å². The van der Waals surface area contributed by atoms with Gasteiger partial charge in [0.2, 0.25) is 5.90 Å². The second-order valence-electron chi connectivity index (χ2n) is 6.96. The fourth-order valence-corrected chi connectivity index (χ4v) is 3.06. The third-order valence-corrected chi connectivity index (χ3v) is 4.72. The van der Waals surface area contributed by atoms with Gasteiger partial charge in [-0.05, 0) is 43.2 Å². The third-order valence-electron chi connectivity index (χ3n) is 4.72. The lowest BCUT2D eigenvalue weighted by molar-refractivity contribution is -0.129. The predicted molar refractivity (Wildman–Crippen MR) is 114 cm³/mol. The molecular weight excluding hydrogens is 362 g/mol. The van der Waals surface area contributed by atoms with E-state index in [-0.39, 0.29) is 5.70 Å². The molecular formula is C25H21NO3. The van der Waals surface area contributed by atoms with Crippen LogP contribution in [-0.4, -0.2) is 11.9 Å². The van der Waals surface area contributed by atoms with Crippen molar-refractivity contribution in [1.29, 1.82) is 0 Å². The van der Waals surface area contributed by atoms with E-state index in [4.69, 9.17) is 9.47 Å². The molecule has 4 heteroatoms. The topological polar surface area (TPSA) is 47.9 Å². The molecule has 0 amide bonds. The second kappa shape index (κ2) is 8.15. The highest BCUT2D eigenvalue weighted by Gasteiger charge is 2.25. The fraction of sp³-hybridized carbons (Fsp3) is 0.120. The van der Waals surface area contributed by atoms with E-state index >= 15 is 0 Å². The van der Waals surface area contributed by atoms with E-state index in [2.05, 4.69) is 24.0 Å². The standard InChI is InChI=1S/C25H21NO3/c1-17-11-13-19(14-12-17)16-28-23-10-6-4-8-20(23)15-22-25(27)29-24(26-22)21-9-5-3-7-18(21)2/h3-15H,16H2,1-2H3/b22-15-. The molecule has 0 saturated carbocycles. The lowest BCUT2D eigenvalue weighted by atomic mass is 10.1. The van der Waals surface area contributed by atoms with Crippen molar-refractivity contribution in [3.05, 3.63) is 106 Å². The molecule has 0 bridgehead atoms. The number of ether oxygens (including phenoxy) is 2. The van der Waals surface area contributed by atoms with Gasteiger partial charge in [-0.1, -0.05) is 66.2 Å². The molecule has 1 aliphatic heterocycles. The zero-order valence-electron chi connectivity index (χ0n) is 16.4. The van der Waals surface area contributed by atoms with Crippen molar-refractivity contribution in [2.75, 3.05) is 0 Å². The molecule has 0 atom stereocenters. The number of carbonyl (C=O) groups is 1. The van der Waals surface area contributed by atoms with Crippen LogP contribution in [0.5, 0.6) is 5.75 Å². The summed E-state index contributed by atoms with van der Waals surface area (Å²) in [4.78, 5) is 16.8. The largest absolute Gasteiger partial charge is 0.488 e. The molecule has 4 nitrogen and oxygen atoms in total. The van der Waals surface area contributed by atoms with E-state index in [9.17, 15) is 4.79 Å². The number of para-hydroxylation sites is 1. The lowest BCUT2D eigenvalue weighted by Gasteiger charge is -2.09. The number of benzene rings is 3. The number of nitrogens with zero attached hydrogens (tertiary/aromatic N) is 1. The number of cyclic esters (lactones) is 1. The first kappa shape index (κ1) is 18.7. The Balaban J connectivity index is 1.58. The molecule has 1 aliphatic rings. The van der Waals surface area contributed by atoms with Gasteiger partial charge in [-0.15, -0.1) is 0 Å². The maximum atomic E-state index is 12.4. The van der Waals surface area contributed by atoms with E-state index in [1.807, 2.05) is 67.6 Å². The molecule has 0 N–H and O–H groups in total. The van der Waals surface area contributed by atoms with Gasteiger partial charge in [0.15, 0.2) is 5.70 Å². The second-order valence-corrected chi connectivity index (χ2v) is 6.96. The van der Waals surface area contributed by atoms with Gasteiger partial charge in [0.25, 0.3) is 0 Å². The number of hydrogen-bond donors (Lipinski definition) is 0. The van der Waals surface area contributed by atoms with Crippen LogP contribution in [0.4, 0.5) is 0 Å². The minimum absolute atomic E-state index is 0.259. The average molecular weight is 383 g/mol. The molecule has 0 aromatic heterocycles. The summed E-state index contributed by atoms with van der Waals surface area (Å²) >= 11 is 0. The van der Waals surface area contributed by atoms with Crippen molar-refractivity contribution in [2.45, 2.75) is 20.5 Å². The Morgan fingerprint density at radius 1 is 0.931 bits per heavy atom. The molecule has 0 fully saturated rings. The monoisotopic (exact) mass is 383 g/mol. The summed E-state index contributed by atoms with van der Waals surface area (Å²) in [5.74, 6) is 0.557. The Morgan fingerprint density at radius 2 is 1.66 bits per heavy atom. The predicted octanol–water partition coefficient (Wildman–Crippen LogP) is 5.23. The highest BCUT2D eigenvalue weighted by atomic mass is 16.6. The van der Waals surface area contributed by atoms with E-state index in [0.29, 0.717) is 18.3 Å². The average Bonchev–Trinajstić information content (AvgIpc) is 3.09. The number of carbonyl (C=O) groups excluding carboxylic acids is 1. The normalized spacial score (nSPS) is 14.6. The van der Waals surface area contributed by atoms with Crippen LogP contribution >= 0.6 is 0 Å². The van der Waals surface area contributed by atoms with Gasteiger partial charge in [0.1, 0.15) is 12.4 Å². The van der Waals surface area contributed by atoms with Crippen LogP contribution in [0.15, 0.2) is 83.5 Å². The molecule has 3 aromatic rings. The Morgan fingerprint density at radius 3 is 2.45 bits per heavy atom. The van der Waals surface area contributed by atoms with Crippen molar-refractivity contribution in [2.24, 2.45) is 4.99 Å². The number of rotatable bonds is 5. The molecule has 144 valence electrons. The third kappa shape index (κ3) is 4.27. The van der Waals surface area contributed by atoms with Gasteiger partial charge in [0, 0.05) is 11.1 Å². The lowest BCUT2D eigenvalue weighted by Crippen LogP contribution is -2.06. The minimum atomic E-state index is -0.461. The van der Waals surface area contributed by atoms with Crippen molar-refractivity contribution < 1.29 is 14.3 Å². The quantitative estimate of drug-likeness (QED) is 0.448. The van der Waals surface area contributed by atoms with Crippen molar-refractivity contribution in [3.8, 4) is 5.75 Å². The SMILES string of the molecule is Cc1ccc(COc2ccccc2/C=C2\N=C(c3ccccc3C)OC2=O)cc1. The van der Waals surface area contributed by atoms with Gasteiger partial charge >= 0.3 is 5.97 Å². The zero-order valence-corrected chi connectivity index (χ0v) is 16.4. The van der Waals surface area contributed by atoms with Gasteiger partial charge in [-0.25, -0.2) is 9.79 Å². The van der Waals surface area contributed by atoms with Crippen LogP contribution in [0.2, 0.25) is 0 Å². The first-order valence-electron chi connectivity index (χ1n) is 9.46. The number of hydrogen-bond acceptors (Lipinski definition) is 4. The molecule has 1 heterocycles. The summed E-state index contributed by atoms with van der Waals surface area (Å²) in [7, 11) is 0. The molecule has 0 aliphatic carbocycles. The van der Waals surface area contributed by atoms with Gasteiger partial charge in [-0.2, -0.15) is 0 Å². The molecule has 0 radical (unpaired) electrons. The number of aliphatic imine (C=N–C) groups is 1. The van der Waals surface area contributed by atoms with E-state index in [1.54, 1.807) is 6.08 Å². The maximum Gasteiger partial charge on any atom is 0.363 e. The molecule has 0 spiro atoms. The zero-order chi connectivity index (χ0) is 20.2. The Hall–Kier alpha value is -3.66. The summed E-state index contributed by atoms with van der Waals surface area (Å²) in [5, 5.41) is 0. The van der Waals surface area contributed by atoms with Crippen LogP contribution in [0.25, 0.3) is 6.08 Å². The van der Waals surface area contributed by atoms with Crippen LogP contribution in [0, 0.1) is 13.8 Å². The van der Waals surface area contributed by atoms with Crippen molar-refractivity contribution >= 4 is 17.9 Å². The fourth-order valence-electron chi connectivity index (χ4n) is 3.06. The highest BCUT2D eigenvalue weighted by Crippen LogP contribution is 2.26. The van der Waals surface area contributed by atoms with Crippen LogP contribution in [0.1, 0.15) is 27.8 Å². The minimum Gasteiger partial charge on any atom is -0.488 e. The van der Waals surface area contributed by atoms with Gasteiger partial charge in [-0.3, -0.25) is 0 Å². The Bertz CT molecular complexity index is 1110. The summed E-state index contributed by atoms with van der Waals surface area (Å²) in [5.41, 5.74) is 5.14. The van der Waals surface area contributed by atoms with Crippen molar-refractivity contribution in [1.82, 2.24) is 0 Å². The van der Waals surface area contributed by atoms with Gasteiger partial charge in [0.05, 0.1) is 0 Å². The summed E-state index contributed by atoms with van der Waals surface area (Å²) in [6, 6.07) is 23.5. The number of esters is 1. The first-order chi connectivity index (χ1) is 14.1. The summed E-state index contributed by atoms with van der Waals surface area (Å²) in [6.45, 7) is 4.46. The van der Waals surface area contributed by atoms with Crippen LogP contribution in [0.3, 0.4) is 0 Å². The van der Waals surface area contributed by atoms with Gasteiger partial charge < -0.3 is 9.47 Å². The molecule has 29 heavy (non-hydrogen) atoms. The van der Waals surface area contributed by atoms with Crippen LogP contribution < -0.4 is 4.74 Å². The van der Waals surface area contributed by atoms with Crippen LogP contribution in [-0.2, 0) is 16.1 Å². The molecule has 4 rings (SSSR count). The highest BCUT2D eigenvalue weighted by molar-refractivity contribution is 6.13. The molecule has 0 saturated heterocycles. The first-order valence-corrected chi connectivity index (χ1v) is 9.46. The Labute approximate surface area is 170 Å². The smallest absolute Gasteiger partial charge is 0.363 e. The van der Waals surface area contributed by atoms with Crippen molar-refractivity contribution in [3.63, 3.8) is 0 Å². The Kier molecular flexibility index (Phi) is 5.25. The molecule has 3 aromatic carbocycles. The van der Waals surface area contributed by atoms with E-state index in [1.165, 1.54) is 5.56 Å². The summed E-state index contributed by atoms with van der Waals surface area (Å²) in [6.07, 6.45) is 1.71. The van der Waals surface area contributed by atoms with E-state index < -0.39 is 5.97 Å². The maximum absolute atomic E-state index is 12.4. The molecule has 0 unspecified atom stereocenters.